The quantitative estimate of drug-likeness (QED) is 0.780. The lowest BCUT2D eigenvalue weighted by Gasteiger charge is -2.57. The molecule has 0 heterocycles. The monoisotopic (exact) mass is 347 g/mol. The Labute approximate surface area is 157 Å². The van der Waals surface area contributed by atoms with Crippen LogP contribution in [0, 0.1) is 28.6 Å². The Balaban J connectivity index is 1.78. The lowest BCUT2D eigenvalue weighted by Crippen LogP contribution is -2.56. The predicted molar refractivity (Wildman–Crippen MR) is 96.9 cm³/mol. The van der Waals surface area contributed by atoms with E-state index in [1.807, 2.05) is 20.8 Å². The zero-order valence-corrected chi connectivity index (χ0v) is 15.2. The Morgan fingerprint density at radius 3 is 2.72 bits per heavy atom. The molecule has 0 unspecified atom stereocenters. The zero-order valence-electron chi connectivity index (χ0n) is 20.2. The number of allylic oxidation sites excluding steroid dienone is 4. The summed E-state index contributed by atoms with van der Waals surface area (Å²) in [7, 11) is 0. The molecule has 0 bridgehead atoms. The molecule has 0 amide bonds. The van der Waals surface area contributed by atoms with Gasteiger partial charge in [-0.15, -0.1) is 0 Å². The smallest absolute Gasteiger partial charge is 0.161 e. The SMILES string of the molecule is [2H]C([2H])([2H])C(=O)[C@@]1(O)CC[C@H]2[C@@H]3C=C(C)C4=CC(=O)C([2H])([2H])C[C@]4(C)[C@H]3CC[C@@]21C. The Morgan fingerprint density at radius 1 is 1.28 bits per heavy atom. The van der Waals surface area contributed by atoms with Crippen molar-refractivity contribution in [2.45, 2.75) is 71.7 Å². The van der Waals surface area contributed by atoms with Gasteiger partial charge in [-0.05, 0) is 80.7 Å². The van der Waals surface area contributed by atoms with Crippen LogP contribution in [0.2, 0.25) is 0 Å². The minimum absolute atomic E-state index is 0.00771. The standard InChI is InChI=1S/C22H30O3/c1-13-11-16-17(20(3)8-5-15(24)12-19(13)20)6-9-21(4)18(16)7-10-22(21,25)14(2)23/h11-12,16-18,25H,5-10H2,1-4H3/t16-,17+,18+,20-,21+,22+/m1/s1/i2D3,5D2. The summed E-state index contributed by atoms with van der Waals surface area (Å²) in [6, 6.07) is 0. The van der Waals surface area contributed by atoms with Crippen LogP contribution in [-0.2, 0) is 9.59 Å². The molecular formula is C22H30O3. The summed E-state index contributed by atoms with van der Waals surface area (Å²) >= 11 is 0. The number of hydrogen-bond donors (Lipinski definition) is 1. The largest absolute Gasteiger partial charge is 0.382 e. The van der Waals surface area contributed by atoms with Gasteiger partial charge < -0.3 is 5.11 Å². The molecule has 3 nitrogen and oxygen atoms in total. The van der Waals surface area contributed by atoms with Crippen molar-refractivity contribution in [2.75, 3.05) is 0 Å². The minimum atomic E-state index is -2.84. The molecule has 0 aromatic heterocycles. The minimum Gasteiger partial charge on any atom is -0.382 e. The summed E-state index contributed by atoms with van der Waals surface area (Å²) in [5, 5.41) is 11.4. The molecule has 0 saturated heterocycles. The molecule has 0 radical (unpaired) electrons. The first-order valence-corrected chi connectivity index (χ1v) is 9.31. The van der Waals surface area contributed by atoms with Crippen molar-refractivity contribution >= 4 is 11.6 Å². The molecule has 0 spiro atoms. The number of aliphatic hydroxyl groups is 1. The second-order valence-electron chi connectivity index (χ2n) is 9.02. The van der Waals surface area contributed by atoms with Gasteiger partial charge in [0.2, 0.25) is 0 Å². The van der Waals surface area contributed by atoms with Gasteiger partial charge in [0.1, 0.15) is 5.60 Å². The van der Waals surface area contributed by atoms with Crippen molar-refractivity contribution in [3.05, 3.63) is 23.3 Å². The number of rotatable bonds is 1. The molecule has 6 atom stereocenters. The molecule has 4 rings (SSSR count). The van der Waals surface area contributed by atoms with E-state index < -0.39 is 41.2 Å². The van der Waals surface area contributed by atoms with Crippen LogP contribution in [0.15, 0.2) is 23.3 Å². The van der Waals surface area contributed by atoms with Gasteiger partial charge in [0.25, 0.3) is 0 Å². The van der Waals surface area contributed by atoms with Crippen LogP contribution < -0.4 is 0 Å². The number of carbonyl (C=O) groups is 2. The first kappa shape index (κ1) is 12.2. The van der Waals surface area contributed by atoms with Gasteiger partial charge in [0.05, 0.1) is 0 Å². The summed E-state index contributed by atoms with van der Waals surface area (Å²) in [5.74, 6) is -1.52. The van der Waals surface area contributed by atoms with Crippen LogP contribution in [0.3, 0.4) is 0 Å². The highest BCUT2D eigenvalue weighted by atomic mass is 16.3. The topological polar surface area (TPSA) is 54.4 Å². The molecule has 4 aliphatic rings. The third kappa shape index (κ3) is 2.02. The van der Waals surface area contributed by atoms with Crippen LogP contribution in [0.4, 0.5) is 0 Å². The van der Waals surface area contributed by atoms with Crippen molar-refractivity contribution in [3.63, 3.8) is 0 Å². The van der Waals surface area contributed by atoms with Gasteiger partial charge in [0, 0.05) is 18.6 Å². The van der Waals surface area contributed by atoms with Gasteiger partial charge in [-0.25, -0.2) is 0 Å². The van der Waals surface area contributed by atoms with Crippen LogP contribution in [0.1, 0.15) is 73.0 Å². The van der Waals surface area contributed by atoms with E-state index in [-0.39, 0.29) is 30.6 Å². The summed E-state index contributed by atoms with van der Waals surface area (Å²) in [6.45, 7) is 2.98. The van der Waals surface area contributed by atoms with Crippen molar-refractivity contribution in [1.82, 2.24) is 0 Å². The van der Waals surface area contributed by atoms with E-state index in [1.165, 1.54) is 6.08 Å². The number of Topliss-reactive ketones (excluding diaryl/α,β-unsaturated/α-hetero) is 1. The highest BCUT2D eigenvalue weighted by molar-refractivity contribution is 5.92. The lowest BCUT2D eigenvalue weighted by atomic mass is 9.47. The first-order chi connectivity index (χ1) is 13.6. The van der Waals surface area contributed by atoms with Gasteiger partial charge in [-0.2, -0.15) is 0 Å². The Bertz CT molecular complexity index is 888. The first-order valence-electron chi connectivity index (χ1n) is 11.8. The van der Waals surface area contributed by atoms with Crippen molar-refractivity contribution in [1.29, 1.82) is 0 Å². The Morgan fingerprint density at radius 2 is 2.00 bits per heavy atom. The summed E-state index contributed by atoms with van der Waals surface area (Å²) in [5.41, 5.74) is -1.36. The number of carbonyl (C=O) groups excluding carboxylic acids is 2. The molecule has 0 aliphatic heterocycles. The van der Waals surface area contributed by atoms with Gasteiger partial charge in [-0.3, -0.25) is 9.59 Å². The van der Waals surface area contributed by atoms with Crippen molar-refractivity contribution < 1.29 is 21.5 Å². The predicted octanol–water partition coefficient (Wildman–Crippen LogP) is 4.00. The summed E-state index contributed by atoms with van der Waals surface area (Å²) < 4.78 is 39.2. The van der Waals surface area contributed by atoms with E-state index >= 15 is 0 Å². The number of hydrogen-bond acceptors (Lipinski definition) is 3. The van der Waals surface area contributed by atoms with Gasteiger partial charge in [-0.1, -0.05) is 25.5 Å². The van der Waals surface area contributed by atoms with Crippen molar-refractivity contribution in [2.24, 2.45) is 28.6 Å². The molecule has 136 valence electrons. The Hall–Kier alpha value is -1.22. The van der Waals surface area contributed by atoms with E-state index in [2.05, 4.69) is 6.08 Å². The maximum absolute atomic E-state index is 12.8. The maximum atomic E-state index is 12.8. The zero-order chi connectivity index (χ0) is 22.5. The number of ketones is 2. The molecule has 3 heteroatoms. The maximum Gasteiger partial charge on any atom is 0.161 e. The molecule has 25 heavy (non-hydrogen) atoms. The van der Waals surface area contributed by atoms with E-state index in [0.29, 0.717) is 19.3 Å². The molecule has 2 saturated carbocycles. The third-order valence-electron chi connectivity index (χ3n) is 8.07. The molecule has 0 aromatic carbocycles. The Kier molecular flexibility index (Phi) is 2.52. The molecule has 0 aromatic rings. The summed E-state index contributed by atoms with van der Waals surface area (Å²) in [6.07, 6.45) is 3.66. The molecule has 4 aliphatic carbocycles. The van der Waals surface area contributed by atoms with Gasteiger partial charge >= 0.3 is 0 Å². The second-order valence-corrected chi connectivity index (χ2v) is 9.02. The van der Waals surface area contributed by atoms with E-state index in [9.17, 15) is 14.7 Å². The third-order valence-corrected chi connectivity index (χ3v) is 8.07. The fourth-order valence-corrected chi connectivity index (χ4v) is 6.55. The highest BCUT2D eigenvalue weighted by Gasteiger charge is 2.65. The fourth-order valence-electron chi connectivity index (χ4n) is 6.55. The highest BCUT2D eigenvalue weighted by Crippen LogP contribution is 2.67. The van der Waals surface area contributed by atoms with Crippen LogP contribution in [0.5, 0.6) is 0 Å². The lowest BCUT2D eigenvalue weighted by molar-refractivity contribution is -0.156. The molecule has 1 N–H and O–H groups in total. The fraction of sp³-hybridized carbons (Fsp3) is 0.727. The average Bonchev–Trinajstić information content (AvgIpc) is 2.88. The normalized spacial score (nSPS) is 54.3. The number of fused-ring (bicyclic) bond motifs is 5. The van der Waals surface area contributed by atoms with Crippen LogP contribution in [0.25, 0.3) is 0 Å². The van der Waals surface area contributed by atoms with E-state index in [1.54, 1.807) is 0 Å². The van der Waals surface area contributed by atoms with E-state index in [4.69, 9.17) is 6.85 Å². The van der Waals surface area contributed by atoms with Gasteiger partial charge in [0.15, 0.2) is 11.6 Å². The summed E-state index contributed by atoms with van der Waals surface area (Å²) in [4.78, 5) is 25.1. The van der Waals surface area contributed by atoms with Crippen LogP contribution >= 0.6 is 0 Å². The van der Waals surface area contributed by atoms with E-state index in [0.717, 1.165) is 11.1 Å². The average molecular weight is 348 g/mol. The molecular weight excluding hydrogens is 312 g/mol. The van der Waals surface area contributed by atoms with Crippen LogP contribution in [-0.4, -0.2) is 22.3 Å². The second kappa shape index (κ2) is 5.16. The molecule has 2 fully saturated rings. The van der Waals surface area contributed by atoms with Crippen molar-refractivity contribution in [3.8, 4) is 0 Å².